The Morgan fingerprint density at radius 3 is 2.55 bits per heavy atom. The number of nitrogens with one attached hydrogen (secondary N) is 1. The standard InChI is InChI=1S/C16H25NO2.ClH/c1-2-3-4-5-6-9-17-13-14-7-8-15-16(12-14)19-11-10-18-15;/h7-8,12,17H,2-6,9-11,13H2,1H3;1H. The maximum atomic E-state index is 5.58. The molecule has 1 aromatic carbocycles. The first-order valence-corrected chi connectivity index (χ1v) is 7.49. The summed E-state index contributed by atoms with van der Waals surface area (Å²) in [5, 5.41) is 3.49. The van der Waals surface area contributed by atoms with E-state index < -0.39 is 0 Å². The van der Waals surface area contributed by atoms with Gasteiger partial charge in [0, 0.05) is 6.54 Å². The Bertz CT molecular complexity index is 385. The van der Waals surface area contributed by atoms with E-state index in [2.05, 4.69) is 24.4 Å². The fourth-order valence-electron chi connectivity index (χ4n) is 2.28. The molecule has 1 aliphatic rings. The van der Waals surface area contributed by atoms with Crippen LogP contribution < -0.4 is 14.8 Å². The number of benzene rings is 1. The second-order valence-electron chi connectivity index (χ2n) is 5.07. The smallest absolute Gasteiger partial charge is 0.161 e. The van der Waals surface area contributed by atoms with Crippen molar-refractivity contribution in [3.63, 3.8) is 0 Å². The second-order valence-corrected chi connectivity index (χ2v) is 5.07. The molecule has 0 fully saturated rings. The van der Waals surface area contributed by atoms with Gasteiger partial charge in [0.2, 0.25) is 0 Å². The number of unbranched alkanes of at least 4 members (excludes halogenated alkanes) is 4. The van der Waals surface area contributed by atoms with E-state index in [-0.39, 0.29) is 12.4 Å². The molecule has 2 rings (SSSR count). The molecule has 0 saturated heterocycles. The fraction of sp³-hybridized carbons (Fsp3) is 0.625. The lowest BCUT2D eigenvalue weighted by molar-refractivity contribution is 0.171. The van der Waals surface area contributed by atoms with Crippen molar-refractivity contribution >= 4 is 12.4 Å². The van der Waals surface area contributed by atoms with E-state index in [0.29, 0.717) is 13.2 Å². The van der Waals surface area contributed by atoms with Crippen LogP contribution >= 0.6 is 12.4 Å². The summed E-state index contributed by atoms with van der Waals surface area (Å²) < 4.78 is 11.1. The molecule has 0 aromatic heterocycles. The molecular weight excluding hydrogens is 274 g/mol. The van der Waals surface area contributed by atoms with Crippen molar-refractivity contribution in [2.75, 3.05) is 19.8 Å². The van der Waals surface area contributed by atoms with Gasteiger partial charge < -0.3 is 14.8 Å². The van der Waals surface area contributed by atoms with E-state index in [0.717, 1.165) is 24.6 Å². The molecule has 0 aliphatic carbocycles. The topological polar surface area (TPSA) is 30.5 Å². The maximum absolute atomic E-state index is 5.58. The number of fused-ring (bicyclic) bond motifs is 1. The number of halogens is 1. The van der Waals surface area contributed by atoms with Gasteiger partial charge in [-0.05, 0) is 30.7 Å². The fourth-order valence-corrected chi connectivity index (χ4v) is 2.28. The molecule has 0 bridgehead atoms. The summed E-state index contributed by atoms with van der Waals surface area (Å²) in [6.45, 7) is 5.56. The quantitative estimate of drug-likeness (QED) is 0.738. The van der Waals surface area contributed by atoms with Crippen molar-refractivity contribution in [2.24, 2.45) is 0 Å². The highest BCUT2D eigenvalue weighted by Crippen LogP contribution is 2.30. The maximum Gasteiger partial charge on any atom is 0.161 e. The zero-order chi connectivity index (χ0) is 13.3. The average molecular weight is 300 g/mol. The molecule has 0 atom stereocenters. The lowest BCUT2D eigenvalue weighted by atomic mass is 10.1. The summed E-state index contributed by atoms with van der Waals surface area (Å²) >= 11 is 0. The molecule has 20 heavy (non-hydrogen) atoms. The second kappa shape index (κ2) is 9.89. The summed E-state index contributed by atoms with van der Waals surface area (Å²) in [6.07, 6.45) is 6.64. The molecule has 1 aliphatic heterocycles. The molecule has 3 nitrogen and oxygen atoms in total. The molecule has 4 heteroatoms. The predicted octanol–water partition coefficient (Wildman–Crippen LogP) is 3.94. The zero-order valence-electron chi connectivity index (χ0n) is 12.3. The molecule has 0 saturated carbocycles. The van der Waals surface area contributed by atoms with Gasteiger partial charge in [0.15, 0.2) is 11.5 Å². The average Bonchev–Trinajstić information content (AvgIpc) is 2.46. The van der Waals surface area contributed by atoms with Crippen LogP contribution in [-0.2, 0) is 6.54 Å². The van der Waals surface area contributed by atoms with Crippen molar-refractivity contribution in [1.29, 1.82) is 0 Å². The molecule has 0 spiro atoms. The third-order valence-corrected chi connectivity index (χ3v) is 3.39. The third kappa shape index (κ3) is 5.59. The number of hydrogen-bond acceptors (Lipinski definition) is 3. The highest BCUT2D eigenvalue weighted by molar-refractivity contribution is 5.85. The Hall–Kier alpha value is -0.930. The zero-order valence-corrected chi connectivity index (χ0v) is 13.1. The van der Waals surface area contributed by atoms with Crippen LogP contribution in [0.15, 0.2) is 18.2 Å². The Morgan fingerprint density at radius 1 is 1.00 bits per heavy atom. The number of hydrogen-bond donors (Lipinski definition) is 1. The van der Waals surface area contributed by atoms with Crippen LogP contribution in [0, 0.1) is 0 Å². The molecule has 1 heterocycles. The molecule has 1 N–H and O–H groups in total. The van der Waals surface area contributed by atoms with Crippen molar-refractivity contribution in [3.8, 4) is 11.5 Å². The van der Waals surface area contributed by atoms with Crippen molar-refractivity contribution in [1.82, 2.24) is 5.32 Å². The first-order valence-electron chi connectivity index (χ1n) is 7.49. The molecular formula is C16H26ClNO2. The Morgan fingerprint density at radius 2 is 1.75 bits per heavy atom. The van der Waals surface area contributed by atoms with Crippen molar-refractivity contribution in [3.05, 3.63) is 23.8 Å². The molecule has 0 unspecified atom stereocenters. The van der Waals surface area contributed by atoms with Gasteiger partial charge in [-0.15, -0.1) is 12.4 Å². The van der Waals surface area contributed by atoms with Gasteiger partial charge in [-0.25, -0.2) is 0 Å². The highest BCUT2D eigenvalue weighted by atomic mass is 35.5. The first kappa shape index (κ1) is 17.1. The Kier molecular flexibility index (Phi) is 8.47. The van der Waals surface area contributed by atoms with Crippen LogP contribution in [0.1, 0.15) is 44.6 Å². The van der Waals surface area contributed by atoms with Gasteiger partial charge in [0.1, 0.15) is 13.2 Å². The van der Waals surface area contributed by atoms with Gasteiger partial charge in [-0.3, -0.25) is 0 Å². The van der Waals surface area contributed by atoms with Crippen LogP contribution in [-0.4, -0.2) is 19.8 Å². The van der Waals surface area contributed by atoms with Gasteiger partial charge in [-0.2, -0.15) is 0 Å². The van der Waals surface area contributed by atoms with Crippen LogP contribution in [0.5, 0.6) is 11.5 Å². The molecule has 0 amide bonds. The lowest BCUT2D eigenvalue weighted by Crippen LogP contribution is -2.17. The van der Waals surface area contributed by atoms with Crippen molar-refractivity contribution in [2.45, 2.75) is 45.6 Å². The predicted molar refractivity (Wildman–Crippen MR) is 85.1 cm³/mol. The lowest BCUT2D eigenvalue weighted by Gasteiger charge is -2.19. The molecule has 0 radical (unpaired) electrons. The van der Waals surface area contributed by atoms with Gasteiger partial charge >= 0.3 is 0 Å². The minimum atomic E-state index is 0. The minimum absolute atomic E-state index is 0. The number of rotatable bonds is 8. The first-order chi connectivity index (χ1) is 9.40. The van der Waals surface area contributed by atoms with Gasteiger partial charge in [-0.1, -0.05) is 38.7 Å². The molecule has 114 valence electrons. The van der Waals surface area contributed by atoms with E-state index in [9.17, 15) is 0 Å². The van der Waals surface area contributed by atoms with Crippen LogP contribution in [0.3, 0.4) is 0 Å². The van der Waals surface area contributed by atoms with Gasteiger partial charge in [0.25, 0.3) is 0 Å². The SMILES string of the molecule is CCCCCCCNCc1ccc2c(c1)OCCO2.Cl. The monoisotopic (exact) mass is 299 g/mol. The van der Waals surface area contributed by atoms with Gasteiger partial charge in [0.05, 0.1) is 0 Å². The summed E-state index contributed by atoms with van der Waals surface area (Å²) in [5.74, 6) is 1.75. The van der Waals surface area contributed by atoms with E-state index >= 15 is 0 Å². The Labute approximate surface area is 128 Å². The van der Waals surface area contributed by atoms with E-state index in [1.165, 1.54) is 37.7 Å². The summed E-state index contributed by atoms with van der Waals surface area (Å²) in [7, 11) is 0. The normalized spacial score (nSPS) is 12.8. The van der Waals surface area contributed by atoms with Crippen LogP contribution in [0.4, 0.5) is 0 Å². The summed E-state index contributed by atoms with van der Waals surface area (Å²) in [4.78, 5) is 0. The van der Waals surface area contributed by atoms with E-state index in [1.807, 2.05) is 6.07 Å². The number of ether oxygens (including phenoxy) is 2. The van der Waals surface area contributed by atoms with Crippen molar-refractivity contribution < 1.29 is 9.47 Å². The van der Waals surface area contributed by atoms with Crippen LogP contribution in [0.25, 0.3) is 0 Å². The summed E-state index contributed by atoms with van der Waals surface area (Å²) in [5.41, 5.74) is 1.26. The summed E-state index contributed by atoms with van der Waals surface area (Å²) in [6, 6.07) is 6.20. The van der Waals surface area contributed by atoms with E-state index in [4.69, 9.17) is 9.47 Å². The highest BCUT2D eigenvalue weighted by Gasteiger charge is 2.11. The van der Waals surface area contributed by atoms with E-state index in [1.54, 1.807) is 0 Å². The Balaban J connectivity index is 0.00000200. The largest absolute Gasteiger partial charge is 0.486 e. The minimum Gasteiger partial charge on any atom is -0.486 e. The molecule has 1 aromatic rings. The third-order valence-electron chi connectivity index (χ3n) is 3.39. The van der Waals surface area contributed by atoms with Crippen LogP contribution in [0.2, 0.25) is 0 Å².